The van der Waals surface area contributed by atoms with Crippen molar-refractivity contribution in [3.63, 3.8) is 0 Å². The van der Waals surface area contributed by atoms with Crippen molar-refractivity contribution in [2.24, 2.45) is 0 Å². The van der Waals surface area contributed by atoms with Crippen LogP contribution in [0.15, 0.2) is 35.5 Å². The Hall–Kier alpha value is -1.95. The second-order valence-electron chi connectivity index (χ2n) is 7.65. The summed E-state index contributed by atoms with van der Waals surface area (Å²) in [6, 6.07) is 6.41. The average Bonchev–Trinajstić information content (AvgIpc) is 3.14. The second kappa shape index (κ2) is 10.5. The maximum atomic E-state index is 12.1. The number of nitrogens with zero attached hydrogens (tertiary/aromatic N) is 4. The van der Waals surface area contributed by atoms with Gasteiger partial charge in [0.1, 0.15) is 6.33 Å². The molecule has 171 valence electrons. The molecular formula is C21H23N6O3S2Y-. The van der Waals surface area contributed by atoms with Gasteiger partial charge in [-0.15, -0.1) is 11.8 Å². The minimum absolute atomic E-state index is 0. The summed E-state index contributed by atoms with van der Waals surface area (Å²) in [5, 5.41) is 0.998. The largest absolute Gasteiger partial charge is 0.462 e. The number of benzene rings is 1. The molecule has 1 saturated heterocycles. The van der Waals surface area contributed by atoms with Crippen molar-refractivity contribution >= 4 is 50.0 Å². The van der Waals surface area contributed by atoms with E-state index in [0.29, 0.717) is 6.42 Å². The van der Waals surface area contributed by atoms with Gasteiger partial charge in [-0.25, -0.2) is 18.1 Å². The van der Waals surface area contributed by atoms with Crippen LogP contribution in [0.25, 0.3) is 11.0 Å². The first-order valence-electron chi connectivity index (χ1n) is 10.1. The molecule has 0 bridgehead atoms. The summed E-state index contributed by atoms with van der Waals surface area (Å²) in [4.78, 5) is 28.1. The smallest absolute Gasteiger partial charge is 0.264 e. The minimum Gasteiger partial charge on any atom is -0.462 e. The minimum atomic E-state index is -3.84. The predicted octanol–water partition coefficient (Wildman–Crippen LogP) is 1.58. The fraction of sp³-hybridized carbons (Fsp3) is 0.333. The van der Waals surface area contributed by atoms with Gasteiger partial charge in [0.25, 0.3) is 10.0 Å². The molecule has 33 heavy (non-hydrogen) atoms. The van der Waals surface area contributed by atoms with Gasteiger partial charge < -0.3 is 14.8 Å². The molecule has 3 aromatic rings. The van der Waals surface area contributed by atoms with E-state index in [9.17, 15) is 13.2 Å². The van der Waals surface area contributed by atoms with Crippen LogP contribution in [-0.2, 0) is 53.9 Å². The van der Waals surface area contributed by atoms with E-state index in [2.05, 4.69) is 30.9 Å². The molecule has 1 aliphatic heterocycles. The average molecular weight is 560 g/mol. The number of sulfonamides is 1. The number of aromatic nitrogens is 3. The van der Waals surface area contributed by atoms with Crippen molar-refractivity contribution in [3.8, 4) is 0 Å². The topological polar surface area (TPSA) is 111 Å². The van der Waals surface area contributed by atoms with Crippen LogP contribution in [0.4, 0.5) is 5.82 Å². The molecule has 1 aromatic carbocycles. The van der Waals surface area contributed by atoms with Gasteiger partial charge >= 0.3 is 0 Å². The zero-order chi connectivity index (χ0) is 22.9. The quantitative estimate of drug-likeness (QED) is 0.358. The number of carbonyl (C=O) groups excluding carboxylic acids is 1. The van der Waals surface area contributed by atoms with Gasteiger partial charge in [0.2, 0.25) is 5.91 Å². The number of aromatic amines is 1. The van der Waals surface area contributed by atoms with Crippen LogP contribution in [-0.4, -0.2) is 65.3 Å². The van der Waals surface area contributed by atoms with Gasteiger partial charge in [-0.05, 0) is 23.3 Å². The number of anilines is 1. The zero-order valence-electron chi connectivity index (χ0n) is 18.3. The van der Waals surface area contributed by atoms with Crippen molar-refractivity contribution < 1.29 is 45.9 Å². The number of H-pyrrole nitrogens is 1. The standard InChI is InChI=1S/C21H23N6O3S2.Y/c1-14-12-22-20-19(14)21(24-13-23-20)27-9-7-26(8-10-27)18(31)11-16-3-5-17(6-4-16)32(29,30)25-15(2)28;/h3-6,13H,7-11H2,1-2H3,(H,25,28)(H,22,23,24);/q-1;. The van der Waals surface area contributed by atoms with E-state index in [1.165, 1.54) is 12.1 Å². The normalized spacial score (nSPS) is 14.1. The van der Waals surface area contributed by atoms with Crippen LogP contribution in [0.2, 0.25) is 0 Å². The molecule has 0 saturated carbocycles. The van der Waals surface area contributed by atoms with Gasteiger partial charge in [-0.1, -0.05) is 36.7 Å². The Morgan fingerprint density at radius 3 is 2.48 bits per heavy atom. The van der Waals surface area contributed by atoms with Crippen LogP contribution in [0, 0.1) is 13.1 Å². The fourth-order valence-electron chi connectivity index (χ4n) is 3.76. The Morgan fingerprint density at radius 2 is 1.85 bits per heavy atom. The zero-order valence-corrected chi connectivity index (χ0v) is 22.8. The summed E-state index contributed by atoms with van der Waals surface area (Å²) in [6.45, 7) is 6.26. The molecule has 2 N–H and O–H groups in total. The monoisotopic (exact) mass is 560 g/mol. The van der Waals surface area contributed by atoms with E-state index < -0.39 is 15.9 Å². The number of carbonyl (C=O) groups is 1. The SMILES string of the molecule is CC(=O)NS(=O)(=O)c1ccc(CC(=S)N2CCN(c3ncnc4[nH][c-]c(C)c34)CC2)cc1.[Y]. The number of hydrogen-bond donors (Lipinski definition) is 2. The molecule has 9 nitrogen and oxygen atoms in total. The first-order chi connectivity index (χ1) is 15.2. The summed E-state index contributed by atoms with van der Waals surface area (Å²) in [7, 11) is -3.84. The van der Waals surface area contributed by atoms with Crippen molar-refractivity contribution in [1.29, 1.82) is 0 Å². The summed E-state index contributed by atoms with van der Waals surface area (Å²) in [5.74, 6) is 0.286. The van der Waals surface area contributed by atoms with Gasteiger partial charge in [0, 0.05) is 72.2 Å². The van der Waals surface area contributed by atoms with Crippen LogP contribution < -0.4 is 9.62 Å². The number of piperazine rings is 1. The molecule has 1 aliphatic rings. The molecule has 1 amide bonds. The summed E-state index contributed by atoms with van der Waals surface area (Å²) >= 11 is 5.66. The van der Waals surface area contributed by atoms with E-state index in [4.69, 9.17) is 12.2 Å². The fourth-order valence-corrected chi connectivity index (χ4v) is 5.10. The third-order valence-electron chi connectivity index (χ3n) is 5.37. The summed E-state index contributed by atoms with van der Waals surface area (Å²) in [6.07, 6.45) is 5.19. The predicted molar refractivity (Wildman–Crippen MR) is 125 cm³/mol. The molecular weight excluding hydrogens is 537 g/mol. The van der Waals surface area contributed by atoms with Gasteiger partial charge in [-0.2, -0.15) is 0 Å². The molecule has 1 fully saturated rings. The maximum absolute atomic E-state index is 12.1. The Balaban J connectivity index is 0.00000306. The third-order valence-corrected chi connectivity index (χ3v) is 7.22. The van der Waals surface area contributed by atoms with Crippen LogP contribution in [0.3, 0.4) is 0 Å². The van der Waals surface area contributed by atoms with Gasteiger partial charge in [0.15, 0.2) is 0 Å². The molecule has 0 atom stereocenters. The van der Waals surface area contributed by atoms with Crippen LogP contribution in [0.5, 0.6) is 0 Å². The van der Waals surface area contributed by atoms with Crippen molar-refractivity contribution in [2.45, 2.75) is 25.2 Å². The number of nitrogens with one attached hydrogen (secondary N) is 2. The molecule has 0 aliphatic carbocycles. The number of hydrogen-bond acceptors (Lipinski definition) is 7. The summed E-state index contributed by atoms with van der Waals surface area (Å²) < 4.78 is 26.1. The van der Waals surface area contributed by atoms with Crippen molar-refractivity contribution in [1.82, 2.24) is 24.6 Å². The molecule has 1 radical (unpaired) electrons. The molecule has 12 heteroatoms. The summed E-state index contributed by atoms with van der Waals surface area (Å²) in [5.41, 5.74) is 2.70. The van der Waals surface area contributed by atoms with Gasteiger partial charge in [0.05, 0.1) is 15.7 Å². The van der Waals surface area contributed by atoms with Crippen LogP contribution >= 0.6 is 12.2 Å². The Kier molecular flexibility index (Phi) is 8.20. The van der Waals surface area contributed by atoms with Crippen molar-refractivity contribution in [2.75, 3.05) is 31.1 Å². The van der Waals surface area contributed by atoms with E-state index in [0.717, 1.165) is 66.1 Å². The number of rotatable bonds is 5. The van der Waals surface area contributed by atoms with E-state index >= 15 is 0 Å². The Morgan fingerprint density at radius 1 is 1.18 bits per heavy atom. The van der Waals surface area contributed by atoms with Gasteiger partial charge in [-0.3, -0.25) is 9.78 Å². The van der Waals surface area contributed by atoms with E-state index in [1.54, 1.807) is 18.5 Å². The van der Waals surface area contributed by atoms with Crippen LogP contribution in [0.1, 0.15) is 18.1 Å². The molecule has 3 heterocycles. The first kappa shape index (κ1) is 25.7. The molecule has 0 spiro atoms. The third kappa shape index (κ3) is 5.76. The first-order valence-corrected chi connectivity index (χ1v) is 12.0. The molecule has 2 aromatic heterocycles. The Labute approximate surface area is 223 Å². The molecule has 4 rings (SSSR count). The molecule has 0 unspecified atom stereocenters. The number of thiocarbonyl (C=S) groups is 1. The number of aryl methyl sites for hydroxylation is 1. The second-order valence-corrected chi connectivity index (χ2v) is 9.80. The number of amides is 1. The van der Waals surface area contributed by atoms with E-state index in [-0.39, 0.29) is 37.6 Å². The number of fused-ring (bicyclic) bond motifs is 1. The maximum Gasteiger partial charge on any atom is 0.264 e. The van der Waals surface area contributed by atoms with E-state index in [1.807, 2.05) is 11.6 Å². The van der Waals surface area contributed by atoms with Crippen molar-refractivity contribution in [3.05, 3.63) is 47.9 Å². The Bertz CT molecular complexity index is 1270.